The van der Waals surface area contributed by atoms with Gasteiger partial charge in [0.25, 0.3) is 0 Å². The summed E-state index contributed by atoms with van der Waals surface area (Å²) in [4.78, 5) is 7.04. The predicted molar refractivity (Wildman–Crippen MR) is 93.1 cm³/mol. The summed E-state index contributed by atoms with van der Waals surface area (Å²) in [6, 6.07) is 13.6. The van der Waals surface area contributed by atoms with E-state index in [1.165, 1.54) is 5.56 Å². The molecule has 2 heterocycles. The van der Waals surface area contributed by atoms with Gasteiger partial charge in [-0.25, -0.2) is 4.98 Å². The van der Waals surface area contributed by atoms with E-state index in [0.717, 1.165) is 48.1 Å². The normalized spacial score (nSPS) is 18.8. The number of likely N-dealkylation sites (tertiary alicyclic amines) is 1. The summed E-state index contributed by atoms with van der Waals surface area (Å²) in [6.07, 6.45) is 1.06. The average molecular weight is 347 g/mol. The molecule has 3 nitrogen and oxygen atoms in total. The zero-order valence-corrected chi connectivity index (χ0v) is 14.0. The van der Waals surface area contributed by atoms with Crippen LogP contribution in [0, 0.1) is 0 Å². The highest BCUT2D eigenvalue weighted by atomic mass is 35.5. The standard InChI is InChI=1S/C18H16Cl2N2O/c19-14-3-1-12(2-4-14)10-22-8-7-13(11-22)18-21-16-9-15(20)5-6-17(16)23-18/h1-6,9,13H,7-8,10-11H2/t13-/m0/s1. The van der Waals surface area contributed by atoms with E-state index in [-0.39, 0.29) is 0 Å². The van der Waals surface area contributed by atoms with E-state index in [0.29, 0.717) is 10.9 Å². The Morgan fingerprint density at radius 2 is 1.87 bits per heavy atom. The van der Waals surface area contributed by atoms with Crippen LogP contribution in [0.25, 0.3) is 11.1 Å². The molecule has 0 radical (unpaired) electrons. The lowest BCUT2D eigenvalue weighted by atomic mass is 10.1. The molecule has 5 heteroatoms. The Hall–Kier alpha value is -1.55. The van der Waals surface area contributed by atoms with Crippen molar-refractivity contribution in [2.24, 2.45) is 0 Å². The van der Waals surface area contributed by atoms with E-state index < -0.39 is 0 Å². The number of nitrogens with zero attached hydrogens (tertiary/aromatic N) is 2. The van der Waals surface area contributed by atoms with Gasteiger partial charge >= 0.3 is 0 Å². The van der Waals surface area contributed by atoms with Crippen molar-refractivity contribution in [1.82, 2.24) is 9.88 Å². The summed E-state index contributed by atoms with van der Waals surface area (Å²) < 4.78 is 5.91. The summed E-state index contributed by atoms with van der Waals surface area (Å²) in [5, 5.41) is 1.46. The maximum absolute atomic E-state index is 6.01. The minimum Gasteiger partial charge on any atom is -0.440 e. The number of halogens is 2. The van der Waals surface area contributed by atoms with Crippen LogP contribution in [0.3, 0.4) is 0 Å². The Morgan fingerprint density at radius 1 is 1.09 bits per heavy atom. The predicted octanol–water partition coefficient (Wildman–Crippen LogP) is 5.12. The van der Waals surface area contributed by atoms with Gasteiger partial charge in [0, 0.05) is 29.1 Å². The summed E-state index contributed by atoms with van der Waals surface area (Å²) in [5.41, 5.74) is 2.92. The number of aromatic nitrogens is 1. The van der Waals surface area contributed by atoms with E-state index in [2.05, 4.69) is 22.0 Å². The third-order valence-corrected chi connectivity index (χ3v) is 4.79. The van der Waals surface area contributed by atoms with E-state index in [1.807, 2.05) is 30.3 Å². The molecule has 1 aromatic heterocycles. The van der Waals surface area contributed by atoms with Gasteiger partial charge in [-0.15, -0.1) is 0 Å². The van der Waals surface area contributed by atoms with E-state index >= 15 is 0 Å². The van der Waals surface area contributed by atoms with Gasteiger partial charge < -0.3 is 4.42 Å². The molecule has 0 spiro atoms. The Balaban J connectivity index is 1.47. The number of fused-ring (bicyclic) bond motifs is 1. The average Bonchev–Trinajstić information content (AvgIpc) is 3.15. The molecular weight excluding hydrogens is 331 g/mol. The lowest BCUT2D eigenvalue weighted by Gasteiger charge is -2.15. The summed E-state index contributed by atoms with van der Waals surface area (Å²) in [5.74, 6) is 1.16. The van der Waals surface area contributed by atoms with Crippen molar-refractivity contribution in [3.05, 3.63) is 64.0 Å². The molecule has 1 fully saturated rings. The Labute approximate surface area is 144 Å². The van der Waals surface area contributed by atoms with Gasteiger partial charge in [0.05, 0.1) is 0 Å². The molecule has 4 rings (SSSR count). The van der Waals surface area contributed by atoms with Crippen LogP contribution in [-0.2, 0) is 6.54 Å². The minimum absolute atomic E-state index is 0.341. The number of benzene rings is 2. The molecule has 2 aromatic carbocycles. The lowest BCUT2D eigenvalue weighted by molar-refractivity contribution is 0.321. The third kappa shape index (κ3) is 3.23. The Morgan fingerprint density at radius 3 is 2.70 bits per heavy atom. The number of hydrogen-bond acceptors (Lipinski definition) is 3. The molecule has 3 aromatic rings. The van der Waals surface area contributed by atoms with Gasteiger partial charge in [0.2, 0.25) is 0 Å². The fourth-order valence-electron chi connectivity index (χ4n) is 3.12. The first-order chi connectivity index (χ1) is 11.2. The summed E-state index contributed by atoms with van der Waals surface area (Å²) in [7, 11) is 0. The molecule has 0 saturated carbocycles. The van der Waals surface area contributed by atoms with Gasteiger partial charge in [-0.05, 0) is 48.9 Å². The molecule has 0 bridgehead atoms. The van der Waals surface area contributed by atoms with Gasteiger partial charge in [-0.1, -0.05) is 35.3 Å². The number of rotatable bonds is 3. The highest BCUT2D eigenvalue weighted by Crippen LogP contribution is 2.30. The second-order valence-corrected chi connectivity index (χ2v) is 6.88. The van der Waals surface area contributed by atoms with Crippen LogP contribution in [0.2, 0.25) is 10.0 Å². The van der Waals surface area contributed by atoms with Crippen LogP contribution < -0.4 is 0 Å². The highest BCUT2D eigenvalue weighted by Gasteiger charge is 2.27. The van der Waals surface area contributed by atoms with Crippen LogP contribution in [0.1, 0.15) is 23.8 Å². The number of hydrogen-bond donors (Lipinski definition) is 0. The molecule has 0 amide bonds. The minimum atomic E-state index is 0.341. The molecule has 118 valence electrons. The zero-order chi connectivity index (χ0) is 15.8. The molecule has 0 unspecified atom stereocenters. The third-order valence-electron chi connectivity index (χ3n) is 4.31. The Kier molecular flexibility index (Phi) is 4.02. The van der Waals surface area contributed by atoms with Gasteiger partial charge in [-0.2, -0.15) is 0 Å². The van der Waals surface area contributed by atoms with E-state index in [1.54, 1.807) is 0 Å². The lowest BCUT2D eigenvalue weighted by Crippen LogP contribution is -2.19. The molecule has 1 aliphatic rings. The molecule has 0 N–H and O–H groups in total. The fourth-order valence-corrected chi connectivity index (χ4v) is 3.41. The largest absolute Gasteiger partial charge is 0.440 e. The fraction of sp³-hybridized carbons (Fsp3) is 0.278. The van der Waals surface area contributed by atoms with Gasteiger partial charge in [0.15, 0.2) is 11.5 Å². The van der Waals surface area contributed by atoms with Gasteiger partial charge in [0.1, 0.15) is 5.52 Å². The molecule has 23 heavy (non-hydrogen) atoms. The second-order valence-electron chi connectivity index (χ2n) is 6.01. The summed E-state index contributed by atoms with van der Waals surface area (Å²) in [6.45, 7) is 2.94. The van der Waals surface area contributed by atoms with Crippen molar-refractivity contribution in [3.63, 3.8) is 0 Å². The van der Waals surface area contributed by atoms with Gasteiger partial charge in [-0.3, -0.25) is 4.90 Å². The van der Waals surface area contributed by atoms with Crippen molar-refractivity contribution in [2.75, 3.05) is 13.1 Å². The molecule has 1 aliphatic heterocycles. The molecule has 1 saturated heterocycles. The quantitative estimate of drug-likeness (QED) is 0.658. The number of oxazole rings is 1. The zero-order valence-electron chi connectivity index (χ0n) is 12.5. The van der Waals surface area contributed by atoms with Crippen LogP contribution in [0.15, 0.2) is 46.9 Å². The first-order valence-electron chi connectivity index (χ1n) is 7.70. The van der Waals surface area contributed by atoms with Crippen LogP contribution in [0.4, 0.5) is 0 Å². The van der Waals surface area contributed by atoms with Crippen LogP contribution >= 0.6 is 23.2 Å². The summed E-state index contributed by atoms with van der Waals surface area (Å²) >= 11 is 12.0. The van der Waals surface area contributed by atoms with Crippen molar-refractivity contribution in [1.29, 1.82) is 0 Å². The van der Waals surface area contributed by atoms with Crippen molar-refractivity contribution < 1.29 is 4.42 Å². The van der Waals surface area contributed by atoms with Crippen LogP contribution in [0.5, 0.6) is 0 Å². The topological polar surface area (TPSA) is 29.3 Å². The monoisotopic (exact) mass is 346 g/mol. The Bertz CT molecular complexity index is 829. The second kappa shape index (κ2) is 6.16. The van der Waals surface area contributed by atoms with Crippen molar-refractivity contribution in [2.45, 2.75) is 18.9 Å². The maximum Gasteiger partial charge on any atom is 0.199 e. The maximum atomic E-state index is 6.01. The highest BCUT2D eigenvalue weighted by molar-refractivity contribution is 6.31. The van der Waals surface area contributed by atoms with Crippen LogP contribution in [-0.4, -0.2) is 23.0 Å². The van der Waals surface area contributed by atoms with Crippen molar-refractivity contribution >= 4 is 34.3 Å². The molecule has 1 atom stereocenters. The first-order valence-corrected chi connectivity index (χ1v) is 8.46. The molecule has 0 aliphatic carbocycles. The molecular formula is C18H16Cl2N2O. The van der Waals surface area contributed by atoms with E-state index in [9.17, 15) is 0 Å². The van der Waals surface area contributed by atoms with E-state index in [4.69, 9.17) is 27.6 Å². The SMILES string of the molecule is Clc1ccc(CN2CC[C@H](c3nc4cc(Cl)ccc4o3)C2)cc1. The first kappa shape index (κ1) is 15.0. The smallest absolute Gasteiger partial charge is 0.199 e. The van der Waals surface area contributed by atoms with Crippen molar-refractivity contribution in [3.8, 4) is 0 Å².